The smallest absolute Gasteiger partial charge is 0.265 e. The van der Waals surface area contributed by atoms with Crippen molar-refractivity contribution in [3.63, 3.8) is 0 Å². The van der Waals surface area contributed by atoms with Crippen molar-refractivity contribution in [3.8, 4) is 16.3 Å². The Labute approximate surface area is 158 Å². The molecule has 25 heavy (non-hydrogen) atoms. The van der Waals surface area contributed by atoms with Crippen LogP contribution >= 0.6 is 35.3 Å². The molecule has 0 bridgehead atoms. The Hall–Kier alpha value is -2.22. The third kappa shape index (κ3) is 3.06. The minimum absolute atomic E-state index is 0.0698. The fourth-order valence-corrected chi connectivity index (χ4v) is 4.40. The van der Waals surface area contributed by atoms with Crippen molar-refractivity contribution in [2.45, 2.75) is 0 Å². The lowest BCUT2D eigenvalue weighted by Gasteiger charge is -2.03. The van der Waals surface area contributed by atoms with Crippen LogP contribution in [0.25, 0.3) is 22.3 Å². The average molecular weight is 384 g/mol. The third-order valence-electron chi connectivity index (χ3n) is 3.79. The second-order valence-electron chi connectivity index (χ2n) is 5.43. The summed E-state index contributed by atoms with van der Waals surface area (Å²) < 4.78 is 2.41. The summed E-state index contributed by atoms with van der Waals surface area (Å²) in [5, 5.41) is 6.76. The molecule has 124 valence electrons. The molecule has 0 aliphatic carbocycles. The van der Waals surface area contributed by atoms with E-state index >= 15 is 0 Å². The highest BCUT2D eigenvalue weighted by Gasteiger charge is 2.29. The maximum Gasteiger partial charge on any atom is 0.265 e. The normalized spacial score (nSPS) is 16.2. The molecule has 1 aliphatic heterocycles. The molecule has 1 aromatic carbocycles. The molecule has 0 saturated carbocycles. The molecule has 1 fully saturated rings. The molecule has 1 amide bonds. The number of aromatic nitrogens is 2. The molecule has 7 heteroatoms. The van der Waals surface area contributed by atoms with Gasteiger partial charge in [-0.15, -0.1) is 11.3 Å². The summed E-state index contributed by atoms with van der Waals surface area (Å²) in [4.78, 5) is 15.5. The second kappa shape index (κ2) is 6.59. The van der Waals surface area contributed by atoms with Gasteiger partial charge in [-0.05, 0) is 29.7 Å². The molecule has 0 spiro atoms. The molecular weight excluding hydrogens is 370 g/mol. The van der Waals surface area contributed by atoms with Gasteiger partial charge < -0.3 is 0 Å². The SMILES string of the molecule is CN1C(=O)/C(=C/c2cn(-c3ccccc3)nc2-c2cccs2)SC1=S. The van der Waals surface area contributed by atoms with Crippen LogP contribution in [0.4, 0.5) is 0 Å². The Morgan fingerprint density at radius 3 is 2.60 bits per heavy atom. The van der Waals surface area contributed by atoms with Gasteiger partial charge in [0.15, 0.2) is 0 Å². The van der Waals surface area contributed by atoms with Gasteiger partial charge in [-0.3, -0.25) is 9.69 Å². The molecule has 3 heterocycles. The van der Waals surface area contributed by atoms with Crippen LogP contribution in [0.3, 0.4) is 0 Å². The van der Waals surface area contributed by atoms with Crippen molar-refractivity contribution in [2.24, 2.45) is 0 Å². The molecule has 0 unspecified atom stereocenters. The van der Waals surface area contributed by atoms with Gasteiger partial charge in [0.1, 0.15) is 10.0 Å². The highest BCUT2D eigenvalue weighted by molar-refractivity contribution is 8.26. The monoisotopic (exact) mass is 383 g/mol. The Morgan fingerprint density at radius 2 is 1.96 bits per heavy atom. The molecule has 2 aromatic heterocycles. The number of benzene rings is 1. The molecule has 4 nitrogen and oxygen atoms in total. The van der Waals surface area contributed by atoms with E-state index in [2.05, 4.69) is 0 Å². The minimum atomic E-state index is -0.0698. The topological polar surface area (TPSA) is 38.1 Å². The quantitative estimate of drug-likeness (QED) is 0.495. The fourth-order valence-electron chi connectivity index (χ4n) is 2.50. The molecule has 3 aromatic rings. The summed E-state index contributed by atoms with van der Waals surface area (Å²) in [6.45, 7) is 0. The molecular formula is C18H13N3OS3. The number of carbonyl (C=O) groups is 1. The van der Waals surface area contributed by atoms with Crippen LogP contribution < -0.4 is 0 Å². The van der Waals surface area contributed by atoms with E-state index in [1.165, 1.54) is 16.7 Å². The number of nitrogens with zero attached hydrogens (tertiary/aromatic N) is 3. The average Bonchev–Trinajstić information content (AvgIpc) is 3.34. The predicted octanol–water partition coefficient (Wildman–Crippen LogP) is 4.43. The second-order valence-corrected chi connectivity index (χ2v) is 8.05. The van der Waals surface area contributed by atoms with Gasteiger partial charge >= 0.3 is 0 Å². The van der Waals surface area contributed by atoms with Crippen LogP contribution in [-0.4, -0.2) is 32.0 Å². The van der Waals surface area contributed by atoms with Crippen LogP contribution in [0.1, 0.15) is 5.56 Å². The number of hydrogen-bond acceptors (Lipinski definition) is 5. The number of hydrogen-bond donors (Lipinski definition) is 0. The molecule has 0 atom stereocenters. The van der Waals surface area contributed by atoms with Crippen molar-refractivity contribution in [1.82, 2.24) is 14.7 Å². The third-order valence-corrected chi connectivity index (χ3v) is 6.15. The Kier molecular flexibility index (Phi) is 4.29. The molecule has 0 N–H and O–H groups in total. The van der Waals surface area contributed by atoms with Crippen LogP contribution in [0.5, 0.6) is 0 Å². The number of likely N-dealkylation sites (N-methyl/N-ethyl adjacent to an activating group) is 1. The van der Waals surface area contributed by atoms with E-state index in [0.717, 1.165) is 21.8 Å². The lowest BCUT2D eigenvalue weighted by Crippen LogP contribution is -2.22. The zero-order valence-corrected chi connectivity index (χ0v) is 15.7. The first-order valence-electron chi connectivity index (χ1n) is 7.54. The first kappa shape index (κ1) is 16.3. The molecule has 4 rings (SSSR count). The lowest BCUT2D eigenvalue weighted by atomic mass is 10.2. The van der Waals surface area contributed by atoms with Gasteiger partial charge in [0, 0.05) is 18.8 Å². The number of amides is 1. The van der Waals surface area contributed by atoms with Crippen molar-refractivity contribution < 1.29 is 4.79 Å². The summed E-state index contributed by atoms with van der Waals surface area (Å²) >= 11 is 8.16. The maximum absolute atomic E-state index is 12.3. The number of thiophene rings is 1. The summed E-state index contributed by atoms with van der Waals surface area (Å²) in [7, 11) is 1.70. The predicted molar refractivity (Wildman–Crippen MR) is 108 cm³/mol. The van der Waals surface area contributed by atoms with Gasteiger partial charge in [0.25, 0.3) is 5.91 Å². The first-order chi connectivity index (χ1) is 12.1. The van der Waals surface area contributed by atoms with Crippen LogP contribution in [0.2, 0.25) is 0 Å². The Bertz CT molecular complexity index is 974. The number of carbonyl (C=O) groups excluding carboxylic acids is 1. The van der Waals surface area contributed by atoms with E-state index in [1.54, 1.807) is 18.4 Å². The summed E-state index contributed by atoms with van der Waals surface area (Å²) in [5.74, 6) is -0.0698. The number of thioether (sulfide) groups is 1. The summed E-state index contributed by atoms with van der Waals surface area (Å²) in [6.07, 6.45) is 3.83. The Balaban J connectivity index is 1.83. The van der Waals surface area contributed by atoms with E-state index < -0.39 is 0 Å². The van der Waals surface area contributed by atoms with Gasteiger partial charge in [-0.2, -0.15) is 5.10 Å². The molecule has 1 aliphatic rings. The fraction of sp³-hybridized carbons (Fsp3) is 0.0556. The van der Waals surface area contributed by atoms with E-state index in [-0.39, 0.29) is 5.91 Å². The zero-order chi connectivity index (χ0) is 17.4. The van der Waals surface area contributed by atoms with Crippen LogP contribution in [-0.2, 0) is 4.79 Å². The number of para-hydroxylation sites is 1. The Morgan fingerprint density at radius 1 is 1.16 bits per heavy atom. The highest BCUT2D eigenvalue weighted by Crippen LogP contribution is 2.35. The van der Waals surface area contributed by atoms with Gasteiger partial charge in [0.2, 0.25) is 0 Å². The van der Waals surface area contributed by atoms with Gasteiger partial charge in [-0.25, -0.2) is 4.68 Å². The van der Waals surface area contributed by atoms with E-state index in [1.807, 2.05) is 64.8 Å². The molecule has 1 saturated heterocycles. The van der Waals surface area contributed by atoms with E-state index in [0.29, 0.717) is 9.23 Å². The standard InChI is InChI=1S/C18H13N3OS3/c1-20-17(22)15(25-18(20)23)10-12-11-21(13-6-3-2-4-7-13)19-16(12)14-8-5-9-24-14/h2-11H,1H3/b15-10-. The summed E-state index contributed by atoms with van der Waals surface area (Å²) in [5.41, 5.74) is 2.74. The van der Waals surface area contributed by atoms with Gasteiger partial charge in [0.05, 0.1) is 15.5 Å². The van der Waals surface area contributed by atoms with Crippen molar-refractivity contribution in [3.05, 3.63) is 64.5 Å². The van der Waals surface area contributed by atoms with E-state index in [9.17, 15) is 4.79 Å². The number of rotatable bonds is 3. The highest BCUT2D eigenvalue weighted by atomic mass is 32.2. The first-order valence-corrected chi connectivity index (χ1v) is 9.64. The van der Waals surface area contributed by atoms with Crippen molar-refractivity contribution in [1.29, 1.82) is 0 Å². The zero-order valence-electron chi connectivity index (χ0n) is 13.2. The van der Waals surface area contributed by atoms with Crippen LogP contribution in [0, 0.1) is 0 Å². The summed E-state index contributed by atoms with van der Waals surface area (Å²) in [6, 6.07) is 14.0. The van der Waals surface area contributed by atoms with Crippen LogP contribution in [0.15, 0.2) is 58.9 Å². The molecule has 0 radical (unpaired) electrons. The lowest BCUT2D eigenvalue weighted by molar-refractivity contribution is -0.121. The minimum Gasteiger partial charge on any atom is -0.296 e. The van der Waals surface area contributed by atoms with Crippen molar-refractivity contribution >= 4 is 51.6 Å². The number of thiocarbonyl (C=S) groups is 1. The largest absolute Gasteiger partial charge is 0.296 e. The van der Waals surface area contributed by atoms with Crippen molar-refractivity contribution in [2.75, 3.05) is 7.05 Å². The van der Waals surface area contributed by atoms with E-state index in [4.69, 9.17) is 17.3 Å². The maximum atomic E-state index is 12.3. The van der Waals surface area contributed by atoms with Gasteiger partial charge in [-0.1, -0.05) is 48.2 Å².